The van der Waals surface area contributed by atoms with Gasteiger partial charge in [0, 0.05) is 32.3 Å². The summed E-state index contributed by atoms with van der Waals surface area (Å²) in [5, 5.41) is 10.3. The molecule has 6 nitrogen and oxygen atoms in total. The van der Waals surface area contributed by atoms with Crippen LogP contribution in [0.5, 0.6) is 11.5 Å². The van der Waals surface area contributed by atoms with Crippen LogP contribution < -0.4 is 9.47 Å². The third kappa shape index (κ3) is 6.96. The van der Waals surface area contributed by atoms with E-state index in [2.05, 4.69) is 36.8 Å². The second-order valence-electron chi connectivity index (χ2n) is 7.19. The molecule has 1 aromatic rings. The largest absolute Gasteiger partial charge is 0.493 e. The molecule has 0 aromatic heterocycles. The molecule has 1 unspecified atom stereocenters. The highest BCUT2D eigenvalue weighted by Gasteiger charge is 2.19. The number of methoxy groups -OCH3 is 1. The van der Waals surface area contributed by atoms with Gasteiger partial charge in [-0.2, -0.15) is 0 Å². The molecule has 0 saturated carbocycles. The smallest absolute Gasteiger partial charge is 0.161 e. The van der Waals surface area contributed by atoms with Gasteiger partial charge in [-0.25, -0.2) is 0 Å². The number of rotatable bonds is 11. The second-order valence-corrected chi connectivity index (χ2v) is 7.19. The number of likely N-dealkylation sites (N-methyl/N-ethyl adjacent to an activating group) is 1. The molecule has 1 fully saturated rings. The van der Waals surface area contributed by atoms with E-state index in [1.165, 1.54) is 5.56 Å². The first kappa shape index (κ1) is 22.0. The van der Waals surface area contributed by atoms with Gasteiger partial charge in [-0.1, -0.05) is 19.9 Å². The zero-order valence-electron chi connectivity index (χ0n) is 17.3. The number of hydrogen-bond donors (Lipinski definition) is 1. The van der Waals surface area contributed by atoms with E-state index in [1.807, 2.05) is 12.1 Å². The quantitative estimate of drug-likeness (QED) is 0.636. The first-order valence-corrected chi connectivity index (χ1v) is 10.0. The molecule has 1 N–H and O–H groups in total. The van der Waals surface area contributed by atoms with Crippen LogP contribution in [0.4, 0.5) is 0 Å². The Labute approximate surface area is 164 Å². The highest BCUT2D eigenvalue weighted by atomic mass is 16.5. The molecule has 154 valence electrons. The van der Waals surface area contributed by atoms with E-state index >= 15 is 0 Å². The Morgan fingerprint density at radius 3 is 2.52 bits per heavy atom. The van der Waals surface area contributed by atoms with Crippen LogP contribution in [-0.4, -0.2) is 80.7 Å². The van der Waals surface area contributed by atoms with Crippen molar-refractivity contribution in [3.05, 3.63) is 23.8 Å². The van der Waals surface area contributed by atoms with Crippen LogP contribution in [-0.2, 0) is 11.3 Å². The van der Waals surface area contributed by atoms with Crippen molar-refractivity contribution < 1.29 is 19.3 Å². The van der Waals surface area contributed by atoms with Gasteiger partial charge in [0.1, 0.15) is 12.7 Å². The molecule has 0 spiro atoms. The Morgan fingerprint density at radius 1 is 1.19 bits per heavy atom. The van der Waals surface area contributed by atoms with E-state index in [9.17, 15) is 5.11 Å². The van der Waals surface area contributed by atoms with E-state index in [4.69, 9.17) is 14.2 Å². The third-order valence-corrected chi connectivity index (χ3v) is 5.27. The summed E-state index contributed by atoms with van der Waals surface area (Å²) in [6.45, 7) is 9.44. The predicted molar refractivity (Wildman–Crippen MR) is 108 cm³/mol. The fourth-order valence-electron chi connectivity index (χ4n) is 3.49. The van der Waals surface area contributed by atoms with Crippen molar-refractivity contribution in [1.29, 1.82) is 0 Å². The van der Waals surface area contributed by atoms with E-state index in [0.29, 0.717) is 24.1 Å². The maximum Gasteiger partial charge on any atom is 0.161 e. The number of aliphatic hydroxyl groups is 1. The first-order valence-electron chi connectivity index (χ1n) is 10.0. The summed E-state index contributed by atoms with van der Waals surface area (Å²) in [4.78, 5) is 4.56. The van der Waals surface area contributed by atoms with Crippen molar-refractivity contribution in [2.45, 2.75) is 45.4 Å². The molecule has 1 aliphatic rings. The molecule has 0 radical (unpaired) electrons. The molecule has 1 aliphatic heterocycles. The SMILES string of the molecule is CCN(CC)CC(O)COc1cc(CN(C)C2CCOCC2)ccc1OC. The summed E-state index contributed by atoms with van der Waals surface area (Å²) in [7, 11) is 3.80. The summed E-state index contributed by atoms with van der Waals surface area (Å²) in [6.07, 6.45) is 1.63. The molecule has 6 heteroatoms. The van der Waals surface area contributed by atoms with Crippen LogP contribution in [0.3, 0.4) is 0 Å². The van der Waals surface area contributed by atoms with Crippen LogP contribution in [0.25, 0.3) is 0 Å². The van der Waals surface area contributed by atoms with E-state index in [1.54, 1.807) is 7.11 Å². The summed E-state index contributed by atoms with van der Waals surface area (Å²) in [5.74, 6) is 1.39. The molecule has 2 rings (SSSR count). The average molecular weight is 381 g/mol. The van der Waals surface area contributed by atoms with Crippen molar-refractivity contribution >= 4 is 0 Å². The standard InChI is InChI=1S/C21H36N2O4/c1-5-23(6-2)15-19(24)16-27-21-13-17(7-8-20(21)25-4)14-22(3)18-9-11-26-12-10-18/h7-8,13,18-19,24H,5-6,9-12,14-16H2,1-4H3. The summed E-state index contributed by atoms with van der Waals surface area (Å²) >= 11 is 0. The van der Waals surface area contributed by atoms with Gasteiger partial charge in [0.2, 0.25) is 0 Å². The lowest BCUT2D eigenvalue weighted by atomic mass is 10.1. The number of benzene rings is 1. The summed E-state index contributed by atoms with van der Waals surface area (Å²) in [6, 6.07) is 6.60. The van der Waals surface area contributed by atoms with Crippen LogP contribution in [0.1, 0.15) is 32.3 Å². The molecule has 1 atom stereocenters. The molecule has 1 heterocycles. The lowest BCUT2D eigenvalue weighted by molar-refractivity contribution is 0.0406. The first-order chi connectivity index (χ1) is 13.1. The second kappa shape index (κ2) is 11.5. The van der Waals surface area contributed by atoms with Crippen LogP contribution in [0.15, 0.2) is 18.2 Å². The highest BCUT2D eigenvalue weighted by molar-refractivity contribution is 5.43. The van der Waals surface area contributed by atoms with Gasteiger partial charge >= 0.3 is 0 Å². The Bertz CT molecular complexity index is 545. The number of nitrogens with zero attached hydrogens (tertiary/aromatic N) is 2. The van der Waals surface area contributed by atoms with E-state index in [-0.39, 0.29) is 6.61 Å². The minimum absolute atomic E-state index is 0.256. The number of hydrogen-bond acceptors (Lipinski definition) is 6. The van der Waals surface area contributed by atoms with Crippen molar-refractivity contribution in [2.24, 2.45) is 0 Å². The minimum atomic E-state index is -0.525. The van der Waals surface area contributed by atoms with Crippen molar-refractivity contribution in [3.8, 4) is 11.5 Å². The monoisotopic (exact) mass is 380 g/mol. The fourth-order valence-corrected chi connectivity index (χ4v) is 3.49. The number of aliphatic hydroxyl groups excluding tert-OH is 1. The van der Waals surface area contributed by atoms with Crippen molar-refractivity contribution in [2.75, 3.05) is 53.6 Å². The Hall–Kier alpha value is -1.34. The van der Waals surface area contributed by atoms with Crippen molar-refractivity contribution in [3.63, 3.8) is 0 Å². The maximum atomic E-state index is 10.3. The van der Waals surface area contributed by atoms with Gasteiger partial charge in [-0.3, -0.25) is 4.90 Å². The topological polar surface area (TPSA) is 54.4 Å². The molecule has 0 aliphatic carbocycles. The molecule has 27 heavy (non-hydrogen) atoms. The van der Waals surface area contributed by atoms with Gasteiger partial charge < -0.3 is 24.2 Å². The van der Waals surface area contributed by atoms with Crippen LogP contribution in [0.2, 0.25) is 0 Å². The van der Waals surface area contributed by atoms with E-state index in [0.717, 1.165) is 45.7 Å². The Kier molecular flexibility index (Phi) is 9.34. The zero-order chi connectivity index (χ0) is 19.6. The Morgan fingerprint density at radius 2 is 1.89 bits per heavy atom. The molecule has 0 bridgehead atoms. The number of ether oxygens (including phenoxy) is 3. The third-order valence-electron chi connectivity index (χ3n) is 5.27. The average Bonchev–Trinajstić information content (AvgIpc) is 2.71. The predicted octanol–water partition coefficient (Wildman–Crippen LogP) is 2.39. The van der Waals surface area contributed by atoms with Crippen LogP contribution >= 0.6 is 0 Å². The lowest BCUT2D eigenvalue weighted by Gasteiger charge is -2.31. The van der Waals surface area contributed by atoms with Gasteiger partial charge in [0.25, 0.3) is 0 Å². The summed E-state index contributed by atoms with van der Waals surface area (Å²) < 4.78 is 16.8. The molecular formula is C21H36N2O4. The van der Waals surface area contributed by atoms with Crippen LogP contribution in [0, 0.1) is 0 Å². The summed E-state index contributed by atoms with van der Waals surface area (Å²) in [5.41, 5.74) is 1.18. The molecule has 1 saturated heterocycles. The van der Waals surface area contributed by atoms with Gasteiger partial charge in [-0.05, 0) is 50.7 Å². The molecular weight excluding hydrogens is 344 g/mol. The zero-order valence-corrected chi connectivity index (χ0v) is 17.3. The van der Waals surface area contributed by atoms with Crippen molar-refractivity contribution in [1.82, 2.24) is 9.80 Å². The van der Waals surface area contributed by atoms with Gasteiger partial charge in [0.05, 0.1) is 7.11 Å². The molecule has 1 aromatic carbocycles. The fraction of sp³-hybridized carbons (Fsp3) is 0.714. The Balaban J connectivity index is 1.95. The highest BCUT2D eigenvalue weighted by Crippen LogP contribution is 2.29. The van der Waals surface area contributed by atoms with Gasteiger partial charge in [-0.15, -0.1) is 0 Å². The maximum absolute atomic E-state index is 10.3. The minimum Gasteiger partial charge on any atom is -0.493 e. The van der Waals surface area contributed by atoms with Gasteiger partial charge in [0.15, 0.2) is 11.5 Å². The van der Waals surface area contributed by atoms with E-state index < -0.39 is 6.10 Å². The normalized spacial score (nSPS) is 16.7. The molecule has 0 amide bonds. The lowest BCUT2D eigenvalue weighted by Crippen LogP contribution is -2.36.